The molecule has 0 bridgehead atoms. The van der Waals surface area contributed by atoms with Crippen molar-refractivity contribution in [1.82, 2.24) is 9.97 Å². The first kappa shape index (κ1) is 13.8. The third-order valence-corrected chi connectivity index (χ3v) is 3.88. The molecule has 0 aliphatic heterocycles. The van der Waals surface area contributed by atoms with Crippen molar-refractivity contribution < 1.29 is 9.90 Å². The van der Waals surface area contributed by atoms with E-state index in [1.54, 1.807) is 0 Å². The molecule has 5 heteroatoms. The van der Waals surface area contributed by atoms with E-state index in [1.807, 2.05) is 11.9 Å². The second kappa shape index (κ2) is 6.50. The molecule has 1 aromatic rings. The zero-order chi connectivity index (χ0) is 13.7. The van der Waals surface area contributed by atoms with Gasteiger partial charge in [-0.1, -0.05) is 32.1 Å². The number of hydrogen-bond acceptors (Lipinski definition) is 4. The smallest absolute Gasteiger partial charge is 0.341 e. The van der Waals surface area contributed by atoms with Crippen molar-refractivity contribution in [2.75, 3.05) is 18.5 Å². The van der Waals surface area contributed by atoms with E-state index in [-0.39, 0.29) is 5.56 Å². The maximum absolute atomic E-state index is 11.1. The largest absolute Gasteiger partial charge is 0.477 e. The first-order chi connectivity index (χ1) is 9.18. The summed E-state index contributed by atoms with van der Waals surface area (Å²) in [6.07, 6.45) is 10.5. The van der Waals surface area contributed by atoms with Gasteiger partial charge >= 0.3 is 5.97 Å². The van der Waals surface area contributed by atoms with Gasteiger partial charge in [0, 0.05) is 19.8 Å². The molecule has 0 spiro atoms. The van der Waals surface area contributed by atoms with Gasteiger partial charge in [0.1, 0.15) is 17.7 Å². The van der Waals surface area contributed by atoms with E-state index < -0.39 is 5.97 Å². The number of anilines is 1. The minimum Gasteiger partial charge on any atom is -0.477 e. The fourth-order valence-electron chi connectivity index (χ4n) is 2.74. The van der Waals surface area contributed by atoms with Gasteiger partial charge in [-0.3, -0.25) is 0 Å². The van der Waals surface area contributed by atoms with Crippen molar-refractivity contribution in [1.29, 1.82) is 0 Å². The van der Waals surface area contributed by atoms with Gasteiger partial charge in [0.05, 0.1) is 0 Å². The SMILES string of the molecule is CN(CCC1CCCCC1)c1ncncc1C(=O)O. The molecule has 104 valence electrons. The Bertz CT molecular complexity index is 430. The van der Waals surface area contributed by atoms with Crippen LogP contribution in [0.25, 0.3) is 0 Å². The lowest BCUT2D eigenvalue weighted by Gasteiger charge is -2.25. The summed E-state index contributed by atoms with van der Waals surface area (Å²) in [4.78, 5) is 20.9. The molecule has 0 unspecified atom stereocenters. The topological polar surface area (TPSA) is 66.3 Å². The van der Waals surface area contributed by atoms with Gasteiger partial charge < -0.3 is 10.0 Å². The molecule has 1 aromatic heterocycles. The highest BCUT2D eigenvalue weighted by Gasteiger charge is 2.17. The Kier molecular flexibility index (Phi) is 4.71. The summed E-state index contributed by atoms with van der Waals surface area (Å²) in [5.41, 5.74) is 0.175. The number of carboxylic acids is 1. The highest BCUT2D eigenvalue weighted by atomic mass is 16.4. The van der Waals surface area contributed by atoms with Crippen molar-refractivity contribution in [2.45, 2.75) is 38.5 Å². The lowest BCUT2D eigenvalue weighted by molar-refractivity contribution is 0.0696. The highest BCUT2D eigenvalue weighted by Crippen LogP contribution is 2.27. The highest BCUT2D eigenvalue weighted by molar-refractivity contribution is 5.92. The molecule has 0 radical (unpaired) electrons. The quantitative estimate of drug-likeness (QED) is 0.884. The Morgan fingerprint density at radius 1 is 1.42 bits per heavy atom. The summed E-state index contributed by atoms with van der Waals surface area (Å²) in [6, 6.07) is 0. The van der Waals surface area contributed by atoms with Crippen molar-refractivity contribution in [2.24, 2.45) is 5.92 Å². The summed E-state index contributed by atoms with van der Waals surface area (Å²) in [7, 11) is 1.90. The Morgan fingerprint density at radius 2 is 2.16 bits per heavy atom. The molecular formula is C14H21N3O2. The lowest BCUT2D eigenvalue weighted by atomic mass is 9.87. The minimum atomic E-state index is -0.972. The van der Waals surface area contributed by atoms with Gasteiger partial charge in [0.25, 0.3) is 0 Å². The first-order valence-corrected chi connectivity index (χ1v) is 6.93. The predicted octanol–water partition coefficient (Wildman–Crippen LogP) is 2.58. The van der Waals surface area contributed by atoms with Crippen LogP contribution in [0.2, 0.25) is 0 Å². The van der Waals surface area contributed by atoms with Crippen LogP contribution in [-0.4, -0.2) is 34.6 Å². The summed E-state index contributed by atoms with van der Waals surface area (Å²) in [6.45, 7) is 0.849. The molecular weight excluding hydrogens is 242 g/mol. The monoisotopic (exact) mass is 263 g/mol. The molecule has 0 aromatic carbocycles. The molecule has 5 nitrogen and oxygen atoms in total. The second-order valence-corrected chi connectivity index (χ2v) is 5.28. The summed E-state index contributed by atoms with van der Waals surface area (Å²) < 4.78 is 0. The lowest BCUT2D eigenvalue weighted by Crippen LogP contribution is -2.25. The van der Waals surface area contributed by atoms with Crippen LogP contribution in [0.1, 0.15) is 48.9 Å². The van der Waals surface area contributed by atoms with Crippen LogP contribution in [0.3, 0.4) is 0 Å². The van der Waals surface area contributed by atoms with E-state index in [2.05, 4.69) is 9.97 Å². The number of carboxylic acid groups (broad SMARTS) is 1. The average Bonchev–Trinajstić information content (AvgIpc) is 2.46. The van der Waals surface area contributed by atoms with Gasteiger partial charge in [-0.2, -0.15) is 0 Å². The van der Waals surface area contributed by atoms with Crippen LogP contribution in [0.15, 0.2) is 12.5 Å². The molecule has 1 saturated carbocycles. The number of nitrogens with zero attached hydrogens (tertiary/aromatic N) is 3. The molecule has 1 N–H and O–H groups in total. The molecule has 19 heavy (non-hydrogen) atoms. The normalized spacial score (nSPS) is 16.3. The molecule has 2 rings (SSSR count). The van der Waals surface area contributed by atoms with Gasteiger partial charge in [0.15, 0.2) is 0 Å². The van der Waals surface area contributed by atoms with Crippen LogP contribution >= 0.6 is 0 Å². The van der Waals surface area contributed by atoms with Gasteiger partial charge in [-0.05, 0) is 12.3 Å². The van der Waals surface area contributed by atoms with E-state index in [1.165, 1.54) is 44.6 Å². The minimum absolute atomic E-state index is 0.175. The molecule has 1 fully saturated rings. The predicted molar refractivity (Wildman–Crippen MR) is 73.5 cm³/mol. The average molecular weight is 263 g/mol. The van der Waals surface area contributed by atoms with E-state index in [0.29, 0.717) is 5.82 Å². The Morgan fingerprint density at radius 3 is 2.84 bits per heavy atom. The Balaban J connectivity index is 1.95. The summed E-state index contributed by atoms with van der Waals surface area (Å²) in [5, 5.41) is 9.12. The van der Waals surface area contributed by atoms with E-state index >= 15 is 0 Å². The standard InChI is InChI=1S/C14H21N3O2/c1-17(8-7-11-5-3-2-4-6-11)13-12(14(18)19)9-15-10-16-13/h9-11H,2-8H2,1H3,(H,18,19). The zero-order valence-corrected chi connectivity index (χ0v) is 11.4. The molecule has 1 aliphatic carbocycles. The van der Waals surface area contributed by atoms with Crippen LogP contribution in [0.4, 0.5) is 5.82 Å². The Hall–Kier alpha value is -1.65. The van der Waals surface area contributed by atoms with E-state index in [0.717, 1.165) is 18.9 Å². The number of aromatic carboxylic acids is 1. The molecule has 0 atom stereocenters. The maximum atomic E-state index is 11.1. The summed E-state index contributed by atoms with van der Waals surface area (Å²) in [5.74, 6) is 0.324. The van der Waals surface area contributed by atoms with Crippen molar-refractivity contribution in [3.8, 4) is 0 Å². The number of rotatable bonds is 5. The van der Waals surface area contributed by atoms with Gasteiger partial charge in [0.2, 0.25) is 0 Å². The fraction of sp³-hybridized carbons (Fsp3) is 0.643. The number of aromatic nitrogens is 2. The van der Waals surface area contributed by atoms with Gasteiger partial charge in [-0.15, -0.1) is 0 Å². The van der Waals surface area contributed by atoms with Crippen LogP contribution in [0.5, 0.6) is 0 Å². The maximum Gasteiger partial charge on any atom is 0.341 e. The van der Waals surface area contributed by atoms with Crippen LogP contribution < -0.4 is 4.90 Å². The number of carbonyl (C=O) groups is 1. The Labute approximate surface area is 113 Å². The molecule has 0 amide bonds. The van der Waals surface area contributed by atoms with Crippen molar-refractivity contribution in [3.05, 3.63) is 18.1 Å². The molecule has 1 heterocycles. The summed E-state index contributed by atoms with van der Waals surface area (Å²) >= 11 is 0. The molecule has 0 saturated heterocycles. The van der Waals surface area contributed by atoms with Crippen LogP contribution in [-0.2, 0) is 0 Å². The fourth-order valence-corrected chi connectivity index (χ4v) is 2.74. The second-order valence-electron chi connectivity index (χ2n) is 5.28. The van der Waals surface area contributed by atoms with Crippen molar-refractivity contribution in [3.63, 3.8) is 0 Å². The van der Waals surface area contributed by atoms with Crippen molar-refractivity contribution >= 4 is 11.8 Å². The van der Waals surface area contributed by atoms with E-state index in [9.17, 15) is 4.79 Å². The zero-order valence-electron chi connectivity index (χ0n) is 11.4. The van der Waals surface area contributed by atoms with E-state index in [4.69, 9.17) is 5.11 Å². The number of hydrogen-bond donors (Lipinski definition) is 1. The van der Waals surface area contributed by atoms with Crippen LogP contribution in [0, 0.1) is 5.92 Å². The van der Waals surface area contributed by atoms with Gasteiger partial charge in [-0.25, -0.2) is 14.8 Å². The third kappa shape index (κ3) is 3.66. The third-order valence-electron chi connectivity index (χ3n) is 3.88. The first-order valence-electron chi connectivity index (χ1n) is 6.93. The molecule has 1 aliphatic rings.